The van der Waals surface area contributed by atoms with E-state index in [1.54, 1.807) is 0 Å². The van der Waals surface area contributed by atoms with E-state index in [9.17, 15) is 4.79 Å². The Kier molecular flexibility index (Phi) is 6.17. The molecule has 2 aromatic rings. The number of nitrogens with one attached hydrogen (secondary N) is 1. The van der Waals surface area contributed by atoms with E-state index in [-0.39, 0.29) is 11.9 Å². The molecule has 3 rings (SSSR count). The molecule has 1 saturated heterocycles. The summed E-state index contributed by atoms with van der Waals surface area (Å²) < 4.78 is 0. The highest BCUT2D eigenvalue weighted by Gasteiger charge is 2.24. The van der Waals surface area contributed by atoms with Gasteiger partial charge < -0.3 is 16.0 Å². The van der Waals surface area contributed by atoms with Gasteiger partial charge in [-0.1, -0.05) is 48.0 Å². The normalized spacial score (nSPS) is 18.0. The summed E-state index contributed by atoms with van der Waals surface area (Å²) in [6.07, 6.45) is 1.38. The van der Waals surface area contributed by atoms with Crippen LogP contribution in [0, 0.1) is 12.8 Å². The Morgan fingerprint density at radius 3 is 2.85 bits per heavy atom. The van der Waals surface area contributed by atoms with E-state index in [0.29, 0.717) is 18.9 Å². The Bertz CT molecular complexity index is 750. The lowest BCUT2D eigenvalue weighted by atomic mass is 10.0. The molecule has 0 aliphatic carbocycles. The predicted octanol–water partition coefficient (Wildman–Crippen LogP) is 3.68. The molecule has 138 valence electrons. The molecule has 1 amide bonds. The van der Waals surface area contributed by atoms with Crippen LogP contribution in [0.2, 0.25) is 5.02 Å². The van der Waals surface area contributed by atoms with Crippen molar-refractivity contribution in [1.29, 1.82) is 0 Å². The minimum atomic E-state index is -0.259. The summed E-state index contributed by atoms with van der Waals surface area (Å²) in [5.74, 6) is 0.462. The standard InChI is InChI=1S/C21H26ClN3O/c1-15-7-8-18(22)11-20(15)25-10-9-16(14-25)13-24-21(26)12-19(23)17-5-3-2-4-6-17/h2-8,11,16,19H,9-10,12-14,23H2,1H3,(H,24,26). The number of nitrogens with zero attached hydrogens (tertiary/aromatic N) is 1. The second-order valence-corrected chi connectivity index (χ2v) is 7.49. The summed E-state index contributed by atoms with van der Waals surface area (Å²) in [5.41, 5.74) is 9.54. The Balaban J connectivity index is 1.47. The summed E-state index contributed by atoms with van der Waals surface area (Å²) >= 11 is 6.14. The number of nitrogens with two attached hydrogens (primary N) is 1. The van der Waals surface area contributed by atoms with Crippen molar-refractivity contribution in [1.82, 2.24) is 5.32 Å². The Morgan fingerprint density at radius 2 is 2.08 bits per heavy atom. The number of hydrogen-bond acceptors (Lipinski definition) is 3. The quantitative estimate of drug-likeness (QED) is 0.814. The van der Waals surface area contributed by atoms with Gasteiger partial charge in [-0.25, -0.2) is 0 Å². The molecule has 0 spiro atoms. The van der Waals surface area contributed by atoms with Crippen molar-refractivity contribution in [2.75, 3.05) is 24.5 Å². The minimum Gasteiger partial charge on any atom is -0.371 e. The fourth-order valence-corrected chi connectivity index (χ4v) is 3.66. The molecule has 2 aromatic carbocycles. The molecule has 1 aliphatic heterocycles. The van der Waals surface area contributed by atoms with Gasteiger partial charge in [0.2, 0.25) is 5.91 Å². The molecule has 0 saturated carbocycles. The summed E-state index contributed by atoms with van der Waals surface area (Å²) in [7, 11) is 0. The van der Waals surface area contributed by atoms with Crippen LogP contribution in [0.25, 0.3) is 0 Å². The summed E-state index contributed by atoms with van der Waals surface area (Å²) in [5, 5.41) is 3.81. The maximum Gasteiger partial charge on any atom is 0.221 e. The second-order valence-electron chi connectivity index (χ2n) is 7.06. The number of rotatable bonds is 6. The highest BCUT2D eigenvalue weighted by atomic mass is 35.5. The predicted molar refractivity (Wildman–Crippen MR) is 108 cm³/mol. The van der Waals surface area contributed by atoms with Crippen LogP contribution in [-0.4, -0.2) is 25.5 Å². The fraction of sp³-hybridized carbons (Fsp3) is 0.381. The summed E-state index contributed by atoms with van der Waals surface area (Å²) in [6, 6.07) is 15.5. The number of anilines is 1. The van der Waals surface area contributed by atoms with Crippen molar-refractivity contribution in [3.63, 3.8) is 0 Å². The first-order chi connectivity index (χ1) is 12.5. The largest absolute Gasteiger partial charge is 0.371 e. The summed E-state index contributed by atoms with van der Waals surface area (Å²) in [6.45, 7) is 4.72. The molecule has 3 N–H and O–H groups in total. The minimum absolute atomic E-state index is 0.0127. The van der Waals surface area contributed by atoms with Crippen LogP contribution in [0.5, 0.6) is 0 Å². The van der Waals surface area contributed by atoms with Crippen LogP contribution in [0.15, 0.2) is 48.5 Å². The Labute approximate surface area is 160 Å². The van der Waals surface area contributed by atoms with Gasteiger partial charge in [-0.15, -0.1) is 0 Å². The highest BCUT2D eigenvalue weighted by molar-refractivity contribution is 6.30. The molecule has 4 nitrogen and oxygen atoms in total. The molecule has 1 heterocycles. The first kappa shape index (κ1) is 18.7. The van der Waals surface area contributed by atoms with Gasteiger partial charge in [0.1, 0.15) is 0 Å². The number of hydrogen-bond donors (Lipinski definition) is 2. The first-order valence-corrected chi connectivity index (χ1v) is 9.49. The molecule has 0 bridgehead atoms. The van der Waals surface area contributed by atoms with Gasteiger partial charge in [-0.3, -0.25) is 4.79 Å². The summed E-state index contributed by atoms with van der Waals surface area (Å²) in [4.78, 5) is 14.6. The fourth-order valence-electron chi connectivity index (χ4n) is 3.49. The molecular formula is C21H26ClN3O. The van der Waals surface area contributed by atoms with Crippen molar-refractivity contribution in [2.45, 2.75) is 25.8 Å². The lowest BCUT2D eigenvalue weighted by Gasteiger charge is -2.21. The molecular weight excluding hydrogens is 346 g/mol. The van der Waals surface area contributed by atoms with Crippen molar-refractivity contribution in [3.8, 4) is 0 Å². The topological polar surface area (TPSA) is 58.4 Å². The van der Waals surface area contributed by atoms with Gasteiger partial charge >= 0.3 is 0 Å². The van der Waals surface area contributed by atoms with Gasteiger partial charge in [0.05, 0.1) is 0 Å². The van der Waals surface area contributed by atoms with E-state index in [1.807, 2.05) is 42.5 Å². The third-order valence-electron chi connectivity index (χ3n) is 5.02. The van der Waals surface area contributed by atoms with Crippen molar-refractivity contribution in [2.24, 2.45) is 11.7 Å². The number of aryl methyl sites for hydroxylation is 1. The number of carbonyl (C=O) groups excluding carboxylic acids is 1. The Morgan fingerprint density at radius 1 is 1.31 bits per heavy atom. The van der Waals surface area contributed by atoms with Crippen LogP contribution in [-0.2, 0) is 4.79 Å². The third kappa shape index (κ3) is 4.77. The number of amides is 1. The maximum atomic E-state index is 12.2. The monoisotopic (exact) mass is 371 g/mol. The number of carbonyl (C=O) groups is 1. The van der Waals surface area contributed by atoms with Crippen LogP contribution in [0.3, 0.4) is 0 Å². The molecule has 1 fully saturated rings. The second kappa shape index (κ2) is 8.56. The zero-order valence-corrected chi connectivity index (χ0v) is 15.9. The SMILES string of the molecule is Cc1ccc(Cl)cc1N1CCC(CNC(=O)CC(N)c2ccccc2)C1. The van der Waals surface area contributed by atoms with Crippen LogP contribution in [0.1, 0.15) is 30.0 Å². The number of halogens is 1. The van der Waals surface area contributed by atoms with Crippen LogP contribution >= 0.6 is 11.6 Å². The smallest absolute Gasteiger partial charge is 0.221 e. The van der Waals surface area contributed by atoms with E-state index in [2.05, 4.69) is 23.2 Å². The van der Waals surface area contributed by atoms with Gasteiger partial charge in [-0.05, 0) is 42.5 Å². The molecule has 2 atom stereocenters. The third-order valence-corrected chi connectivity index (χ3v) is 5.25. The first-order valence-electron chi connectivity index (χ1n) is 9.11. The Hall–Kier alpha value is -2.04. The lowest BCUT2D eigenvalue weighted by Crippen LogP contribution is -2.33. The average Bonchev–Trinajstić information content (AvgIpc) is 3.11. The number of benzene rings is 2. The molecule has 0 aromatic heterocycles. The van der Waals surface area contributed by atoms with E-state index < -0.39 is 0 Å². The highest BCUT2D eigenvalue weighted by Crippen LogP contribution is 2.29. The van der Waals surface area contributed by atoms with E-state index >= 15 is 0 Å². The average molecular weight is 372 g/mol. The molecule has 26 heavy (non-hydrogen) atoms. The zero-order chi connectivity index (χ0) is 18.5. The van der Waals surface area contributed by atoms with E-state index in [4.69, 9.17) is 17.3 Å². The van der Waals surface area contributed by atoms with Crippen LogP contribution < -0.4 is 16.0 Å². The molecule has 0 radical (unpaired) electrons. The van der Waals surface area contributed by atoms with Gasteiger partial charge in [-0.2, -0.15) is 0 Å². The lowest BCUT2D eigenvalue weighted by molar-refractivity contribution is -0.121. The van der Waals surface area contributed by atoms with E-state index in [1.165, 1.54) is 11.3 Å². The maximum absolute atomic E-state index is 12.2. The van der Waals surface area contributed by atoms with Gasteiger partial charge in [0.25, 0.3) is 0 Å². The molecule has 1 aliphatic rings. The van der Waals surface area contributed by atoms with Crippen LogP contribution in [0.4, 0.5) is 5.69 Å². The molecule has 2 unspecified atom stereocenters. The zero-order valence-electron chi connectivity index (χ0n) is 15.1. The molecule has 5 heteroatoms. The van der Waals surface area contributed by atoms with E-state index in [0.717, 1.165) is 30.1 Å². The van der Waals surface area contributed by atoms with Crippen molar-refractivity contribution in [3.05, 3.63) is 64.7 Å². The van der Waals surface area contributed by atoms with Crippen molar-refractivity contribution < 1.29 is 4.79 Å². The van der Waals surface area contributed by atoms with Gasteiger partial charge in [0.15, 0.2) is 0 Å². The van der Waals surface area contributed by atoms with Crippen molar-refractivity contribution >= 4 is 23.2 Å². The van der Waals surface area contributed by atoms with Gasteiger partial charge in [0, 0.05) is 42.8 Å².